The number of carbonyl (C=O) groups excluding carboxylic acids is 1. The Bertz CT molecular complexity index is 486. The lowest BCUT2D eigenvalue weighted by atomic mass is 9.86. The second-order valence-electron chi connectivity index (χ2n) is 6.46. The second-order valence-corrected chi connectivity index (χ2v) is 6.46. The Kier molecular flexibility index (Phi) is 6.90. The first-order valence-corrected chi connectivity index (χ1v) is 8.74. The zero-order valence-corrected chi connectivity index (χ0v) is 14.3. The number of ether oxygens (including phenoxy) is 1. The summed E-state index contributed by atoms with van der Waals surface area (Å²) in [4.78, 5) is 14.1. The molecule has 0 heterocycles. The van der Waals surface area contributed by atoms with E-state index in [1.54, 1.807) is 4.90 Å². The molecule has 4 heteroatoms. The van der Waals surface area contributed by atoms with Crippen LogP contribution in [0.25, 0.3) is 0 Å². The van der Waals surface area contributed by atoms with Crippen molar-refractivity contribution in [2.45, 2.75) is 51.6 Å². The van der Waals surface area contributed by atoms with Crippen LogP contribution in [0.2, 0.25) is 0 Å². The number of hydrogen-bond acceptors (Lipinski definition) is 3. The minimum Gasteiger partial charge on any atom is -0.494 e. The van der Waals surface area contributed by atoms with Crippen LogP contribution in [0.5, 0.6) is 5.75 Å². The SMILES string of the molecule is CCOc1ccc(CCC(=O)N(C)C[C@H]2CCCC[C@H]2O)cc1. The van der Waals surface area contributed by atoms with Crippen molar-refractivity contribution in [3.05, 3.63) is 29.8 Å². The second kappa shape index (κ2) is 8.92. The van der Waals surface area contributed by atoms with Gasteiger partial charge in [0.25, 0.3) is 0 Å². The van der Waals surface area contributed by atoms with E-state index < -0.39 is 0 Å². The van der Waals surface area contributed by atoms with Crippen LogP contribution in [-0.2, 0) is 11.2 Å². The van der Waals surface area contributed by atoms with Crippen LogP contribution in [0.4, 0.5) is 0 Å². The lowest BCUT2D eigenvalue weighted by molar-refractivity contribution is -0.131. The van der Waals surface area contributed by atoms with Crippen molar-refractivity contribution in [2.75, 3.05) is 20.2 Å². The molecule has 128 valence electrons. The minimum absolute atomic E-state index is 0.150. The van der Waals surface area contributed by atoms with Crippen molar-refractivity contribution in [2.24, 2.45) is 5.92 Å². The number of amides is 1. The molecule has 0 radical (unpaired) electrons. The summed E-state index contributed by atoms with van der Waals surface area (Å²) in [7, 11) is 1.85. The summed E-state index contributed by atoms with van der Waals surface area (Å²) in [5, 5.41) is 10.0. The van der Waals surface area contributed by atoms with E-state index in [0.717, 1.165) is 43.4 Å². The molecule has 1 saturated carbocycles. The van der Waals surface area contributed by atoms with Gasteiger partial charge >= 0.3 is 0 Å². The Morgan fingerprint density at radius 1 is 1.26 bits per heavy atom. The molecule has 2 atom stereocenters. The van der Waals surface area contributed by atoms with Gasteiger partial charge < -0.3 is 14.7 Å². The molecule has 1 N–H and O–H groups in total. The van der Waals surface area contributed by atoms with Gasteiger partial charge in [-0.15, -0.1) is 0 Å². The fourth-order valence-electron chi connectivity index (χ4n) is 3.22. The van der Waals surface area contributed by atoms with E-state index in [9.17, 15) is 9.90 Å². The molecule has 0 saturated heterocycles. The van der Waals surface area contributed by atoms with E-state index in [0.29, 0.717) is 19.6 Å². The minimum atomic E-state index is -0.245. The van der Waals surface area contributed by atoms with Crippen LogP contribution < -0.4 is 4.74 Å². The number of aliphatic hydroxyl groups excluding tert-OH is 1. The average Bonchev–Trinajstić information content (AvgIpc) is 2.56. The topological polar surface area (TPSA) is 49.8 Å². The molecule has 4 nitrogen and oxygen atoms in total. The molecule has 0 unspecified atom stereocenters. The third kappa shape index (κ3) is 5.54. The van der Waals surface area contributed by atoms with E-state index in [-0.39, 0.29) is 17.9 Å². The number of aryl methyl sites for hydroxylation is 1. The van der Waals surface area contributed by atoms with Crippen molar-refractivity contribution in [1.29, 1.82) is 0 Å². The lowest BCUT2D eigenvalue weighted by Gasteiger charge is -2.31. The third-order valence-corrected chi connectivity index (χ3v) is 4.66. The Balaban J connectivity index is 1.76. The summed E-state index contributed by atoms with van der Waals surface area (Å²) < 4.78 is 5.42. The van der Waals surface area contributed by atoms with E-state index in [1.165, 1.54) is 0 Å². The predicted octanol–water partition coefficient (Wildman–Crippen LogP) is 3.03. The molecule has 1 amide bonds. The van der Waals surface area contributed by atoms with Crippen molar-refractivity contribution in [3.63, 3.8) is 0 Å². The molecule has 1 aromatic rings. The molecule has 1 aliphatic rings. The maximum Gasteiger partial charge on any atom is 0.222 e. The molecule has 1 aromatic carbocycles. The van der Waals surface area contributed by atoms with E-state index in [4.69, 9.17) is 4.74 Å². The average molecular weight is 319 g/mol. The molecular formula is C19H29NO3. The molecule has 0 bridgehead atoms. The number of rotatable bonds is 7. The van der Waals surface area contributed by atoms with Crippen LogP contribution in [0, 0.1) is 5.92 Å². The molecule has 0 spiro atoms. The molecule has 2 rings (SSSR count). The zero-order chi connectivity index (χ0) is 16.7. The van der Waals surface area contributed by atoms with Crippen molar-refractivity contribution >= 4 is 5.91 Å². The van der Waals surface area contributed by atoms with Gasteiger partial charge in [-0.2, -0.15) is 0 Å². The third-order valence-electron chi connectivity index (χ3n) is 4.66. The molecule has 0 aromatic heterocycles. The smallest absolute Gasteiger partial charge is 0.222 e. The summed E-state index contributed by atoms with van der Waals surface area (Å²) in [6.07, 6.45) is 5.17. The first-order valence-electron chi connectivity index (χ1n) is 8.74. The Labute approximate surface area is 139 Å². The zero-order valence-electron chi connectivity index (χ0n) is 14.3. The highest BCUT2D eigenvalue weighted by Gasteiger charge is 2.25. The van der Waals surface area contributed by atoms with Crippen LogP contribution in [0.1, 0.15) is 44.6 Å². The van der Waals surface area contributed by atoms with Crippen LogP contribution in [0.15, 0.2) is 24.3 Å². The first kappa shape index (κ1) is 17.8. The Morgan fingerprint density at radius 2 is 1.96 bits per heavy atom. The monoisotopic (exact) mass is 319 g/mol. The summed E-state index contributed by atoms with van der Waals surface area (Å²) in [5.74, 6) is 1.26. The lowest BCUT2D eigenvalue weighted by Crippen LogP contribution is -2.38. The maximum atomic E-state index is 12.3. The van der Waals surface area contributed by atoms with Crippen LogP contribution in [0.3, 0.4) is 0 Å². The van der Waals surface area contributed by atoms with E-state index in [2.05, 4.69) is 0 Å². The fraction of sp³-hybridized carbons (Fsp3) is 0.632. The van der Waals surface area contributed by atoms with Gasteiger partial charge in [0, 0.05) is 25.9 Å². The number of hydrogen-bond donors (Lipinski definition) is 1. The van der Waals surface area contributed by atoms with Crippen LogP contribution in [-0.4, -0.2) is 42.2 Å². The number of nitrogens with zero attached hydrogens (tertiary/aromatic N) is 1. The van der Waals surface area contributed by atoms with Crippen molar-refractivity contribution in [1.82, 2.24) is 4.90 Å². The van der Waals surface area contributed by atoms with Gasteiger partial charge in [0.1, 0.15) is 5.75 Å². The number of benzene rings is 1. The highest BCUT2D eigenvalue weighted by molar-refractivity contribution is 5.76. The highest BCUT2D eigenvalue weighted by Crippen LogP contribution is 2.25. The number of aliphatic hydroxyl groups is 1. The molecule has 1 fully saturated rings. The van der Waals surface area contributed by atoms with Gasteiger partial charge in [0.15, 0.2) is 0 Å². The summed E-state index contributed by atoms with van der Waals surface area (Å²) in [6.45, 7) is 3.30. The Morgan fingerprint density at radius 3 is 2.61 bits per heavy atom. The molecule has 1 aliphatic carbocycles. The predicted molar refractivity (Wildman–Crippen MR) is 91.5 cm³/mol. The summed E-state index contributed by atoms with van der Waals surface area (Å²) in [5.41, 5.74) is 1.15. The maximum absolute atomic E-state index is 12.3. The quantitative estimate of drug-likeness (QED) is 0.840. The number of carbonyl (C=O) groups is 1. The van der Waals surface area contributed by atoms with Gasteiger partial charge in [0.05, 0.1) is 12.7 Å². The molecular weight excluding hydrogens is 290 g/mol. The van der Waals surface area contributed by atoms with Crippen molar-refractivity contribution in [3.8, 4) is 5.75 Å². The van der Waals surface area contributed by atoms with Gasteiger partial charge in [-0.05, 0) is 43.9 Å². The van der Waals surface area contributed by atoms with Gasteiger partial charge in [-0.1, -0.05) is 25.0 Å². The summed E-state index contributed by atoms with van der Waals surface area (Å²) >= 11 is 0. The molecule has 23 heavy (non-hydrogen) atoms. The first-order chi connectivity index (χ1) is 11.1. The largest absolute Gasteiger partial charge is 0.494 e. The van der Waals surface area contributed by atoms with Gasteiger partial charge in [-0.3, -0.25) is 4.79 Å². The van der Waals surface area contributed by atoms with Gasteiger partial charge in [0.2, 0.25) is 5.91 Å². The summed E-state index contributed by atoms with van der Waals surface area (Å²) in [6, 6.07) is 7.93. The Hall–Kier alpha value is -1.55. The van der Waals surface area contributed by atoms with E-state index >= 15 is 0 Å². The van der Waals surface area contributed by atoms with Gasteiger partial charge in [-0.25, -0.2) is 0 Å². The van der Waals surface area contributed by atoms with Crippen LogP contribution >= 0.6 is 0 Å². The van der Waals surface area contributed by atoms with Crippen molar-refractivity contribution < 1.29 is 14.6 Å². The normalized spacial score (nSPS) is 21.0. The highest BCUT2D eigenvalue weighted by atomic mass is 16.5. The molecule has 0 aliphatic heterocycles. The van der Waals surface area contributed by atoms with E-state index in [1.807, 2.05) is 38.2 Å². The fourth-order valence-corrected chi connectivity index (χ4v) is 3.22. The standard InChI is InChI=1S/C19H29NO3/c1-3-23-17-11-8-15(9-12-17)10-13-19(22)20(2)14-16-6-4-5-7-18(16)21/h8-9,11-12,16,18,21H,3-7,10,13-14H2,1-2H3/t16-,18-/m1/s1.